The Morgan fingerprint density at radius 3 is 2.55 bits per heavy atom. The number of rotatable bonds is 7. The van der Waals surface area contributed by atoms with Crippen molar-refractivity contribution >= 4 is 0 Å². The Morgan fingerprint density at radius 2 is 1.95 bits per heavy atom. The molecule has 1 heterocycles. The second kappa shape index (κ2) is 8.33. The first-order valence-corrected chi connectivity index (χ1v) is 8.15. The SMILES string of the molecule is C#CCCC(NCC1(N(C)C)CCOCC1)c1ccccc1. The third-order valence-electron chi connectivity index (χ3n) is 4.83. The fraction of sp³-hybridized carbons (Fsp3) is 0.579. The van der Waals surface area contributed by atoms with Crippen LogP contribution in [0.15, 0.2) is 30.3 Å². The highest BCUT2D eigenvalue weighted by Crippen LogP contribution is 2.27. The summed E-state index contributed by atoms with van der Waals surface area (Å²) in [4.78, 5) is 2.35. The Bertz CT molecular complexity index is 472. The van der Waals surface area contributed by atoms with E-state index in [-0.39, 0.29) is 5.54 Å². The molecule has 0 bridgehead atoms. The highest BCUT2D eigenvalue weighted by atomic mass is 16.5. The Morgan fingerprint density at radius 1 is 1.27 bits per heavy atom. The minimum atomic E-state index is 0.182. The quantitative estimate of drug-likeness (QED) is 0.784. The Balaban J connectivity index is 2.05. The normalized spacial score (nSPS) is 18.8. The summed E-state index contributed by atoms with van der Waals surface area (Å²) in [6.07, 6.45) is 9.38. The summed E-state index contributed by atoms with van der Waals surface area (Å²) in [5, 5.41) is 3.77. The third kappa shape index (κ3) is 4.33. The summed E-state index contributed by atoms with van der Waals surface area (Å²) in [7, 11) is 4.35. The monoisotopic (exact) mass is 300 g/mol. The minimum absolute atomic E-state index is 0.182. The van der Waals surface area contributed by atoms with Gasteiger partial charge in [0.15, 0.2) is 0 Å². The van der Waals surface area contributed by atoms with Crippen LogP contribution in [0.4, 0.5) is 0 Å². The van der Waals surface area contributed by atoms with E-state index in [9.17, 15) is 0 Å². The lowest BCUT2D eigenvalue weighted by Crippen LogP contribution is -2.55. The fourth-order valence-electron chi connectivity index (χ4n) is 3.15. The molecule has 1 aromatic rings. The van der Waals surface area contributed by atoms with Crippen molar-refractivity contribution in [3.05, 3.63) is 35.9 Å². The van der Waals surface area contributed by atoms with Gasteiger partial charge >= 0.3 is 0 Å². The maximum absolute atomic E-state index is 5.55. The summed E-state index contributed by atoms with van der Waals surface area (Å²) < 4.78 is 5.55. The topological polar surface area (TPSA) is 24.5 Å². The number of terminal acetylenes is 1. The van der Waals surface area contributed by atoms with E-state index in [0.29, 0.717) is 6.04 Å². The lowest BCUT2D eigenvalue weighted by Gasteiger charge is -2.43. The maximum Gasteiger partial charge on any atom is 0.0484 e. The van der Waals surface area contributed by atoms with Crippen molar-refractivity contribution < 1.29 is 4.74 Å². The predicted octanol–water partition coefficient (Wildman–Crippen LogP) is 2.84. The van der Waals surface area contributed by atoms with Crippen LogP contribution in [-0.2, 0) is 4.74 Å². The second-order valence-corrected chi connectivity index (χ2v) is 6.32. The van der Waals surface area contributed by atoms with Crippen molar-refractivity contribution in [2.45, 2.75) is 37.3 Å². The van der Waals surface area contributed by atoms with Crippen molar-refractivity contribution in [3.8, 4) is 12.3 Å². The largest absolute Gasteiger partial charge is 0.381 e. The molecular formula is C19H28N2O. The highest BCUT2D eigenvalue weighted by Gasteiger charge is 2.35. The Kier molecular flexibility index (Phi) is 6.45. The van der Waals surface area contributed by atoms with Crippen molar-refractivity contribution in [3.63, 3.8) is 0 Å². The van der Waals surface area contributed by atoms with Crippen molar-refractivity contribution in [2.75, 3.05) is 33.9 Å². The molecule has 0 amide bonds. The van der Waals surface area contributed by atoms with Gasteiger partial charge in [-0.25, -0.2) is 0 Å². The molecule has 1 N–H and O–H groups in total. The molecule has 0 radical (unpaired) electrons. The summed E-state index contributed by atoms with van der Waals surface area (Å²) in [5.74, 6) is 2.77. The molecule has 1 saturated heterocycles. The summed E-state index contributed by atoms with van der Waals surface area (Å²) >= 11 is 0. The van der Waals surface area contributed by atoms with Crippen LogP contribution in [0.2, 0.25) is 0 Å². The summed E-state index contributed by atoms with van der Waals surface area (Å²) in [6.45, 7) is 2.66. The van der Waals surface area contributed by atoms with Gasteiger partial charge in [0.2, 0.25) is 0 Å². The van der Waals surface area contributed by atoms with Crippen LogP contribution in [0, 0.1) is 12.3 Å². The molecule has 0 saturated carbocycles. The summed E-state index contributed by atoms with van der Waals surface area (Å²) in [6, 6.07) is 10.9. The molecule has 0 aliphatic carbocycles. The van der Waals surface area contributed by atoms with Gasteiger partial charge in [-0.1, -0.05) is 30.3 Å². The zero-order valence-corrected chi connectivity index (χ0v) is 13.8. The Hall–Kier alpha value is -1.34. The molecule has 22 heavy (non-hydrogen) atoms. The van der Waals surface area contributed by atoms with Crippen molar-refractivity contribution in [1.29, 1.82) is 0 Å². The first-order chi connectivity index (χ1) is 10.7. The van der Waals surface area contributed by atoms with Crippen LogP contribution in [-0.4, -0.2) is 44.3 Å². The molecule has 1 unspecified atom stereocenters. The van der Waals surface area contributed by atoms with Gasteiger partial charge in [0.25, 0.3) is 0 Å². The van der Waals surface area contributed by atoms with Gasteiger partial charge in [0, 0.05) is 37.8 Å². The van der Waals surface area contributed by atoms with E-state index < -0.39 is 0 Å². The average Bonchev–Trinajstić information content (AvgIpc) is 2.56. The number of benzene rings is 1. The van der Waals surface area contributed by atoms with E-state index in [0.717, 1.165) is 45.4 Å². The number of nitrogens with one attached hydrogen (secondary N) is 1. The van der Waals surface area contributed by atoms with Gasteiger partial charge < -0.3 is 15.0 Å². The van der Waals surface area contributed by atoms with Crippen LogP contribution in [0.3, 0.4) is 0 Å². The van der Waals surface area contributed by atoms with Gasteiger partial charge in [0.05, 0.1) is 0 Å². The molecule has 3 heteroatoms. The molecule has 1 aliphatic heterocycles. The number of hydrogen-bond acceptors (Lipinski definition) is 3. The molecule has 1 aliphatic rings. The minimum Gasteiger partial charge on any atom is -0.381 e. The third-order valence-corrected chi connectivity index (χ3v) is 4.83. The molecular weight excluding hydrogens is 272 g/mol. The van der Waals surface area contributed by atoms with E-state index >= 15 is 0 Å². The second-order valence-electron chi connectivity index (χ2n) is 6.32. The predicted molar refractivity (Wildman–Crippen MR) is 91.7 cm³/mol. The molecule has 2 rings (SSSR count). The van der Waals surface area contributed by atoms with E-state index in [1.165, 1.54) is 5.56 Å². The summed E-state index contributed by atoms with van der Waals surface area (Å²) in [5.41, 5.74) is 1.50. The first-order valence-electron chi connectivity index (χ1n) is 8.15. The van der Waals surface area contributed by atoms with Gasteiger partial charge in [0.1, 0.15) is 0 Å². The van der Waals surface area contributed by atoms with Gasteiger partial charge in [-0.15, -0.1) is 12.3 Å². The number of hydrogen-bond donors (Lipinski definition) is 1. The average molecular weight is 300 g/mol. The molecule has 1 aromatic carbocycles. The van der Waals surface area contributed by atoms with E-state index in [2.05, 4.69) is 60.6 Å². The van der Waals surface area contributed by atoms with Crippen LogP contribution in [0.5, 0.6) is 0 Å². The molecule has 1 fully saturated rings. The lowest BCUT2D eigenvalue weighted by atomic mass is 9.88. The van der Waals surface area contributed by atoms with Crippen molar-refractivity contribution in [2.24, 2.45) is 0 Å². The van der Waals surface area contributed by atoms with Gasteiger partial charge in [-0.05, 0) is 38.9 Å². The fourth-order valence-corrected chi connectivity index (χ4v) is 3.15. The zero-order chi connectivity index (χ0) is 15.8. The number of ether oxygens (including phenoxy) is 1. The molecule has 0 aromatic heterocycles. The van der Waals surface area contributed by atoms with Gasteiger partial charge in [-0.2, -0.15) is 0 Å². The van der Waals surface area contributed by atoms with Crippen LogP contribution in [0.1, 0.15) is 37.3 Å². The zero-order valence-electron chi connectivity index (χ0n) is 13.8. The Labute approximate surface area is 135 Å². The smallest absolute Gasteiger partial charge is 0.0484 e. The van der Waals surface area contributed by atoms with E-state index in [1.807, 2.05) is 0 Å². The first kappa shape index (κ1) is 17.0. The van der Waals surface area contributed by atoms with Crippen LogP contribution < -0.4 is 5.32 Å². The number of nitrogens with zero attached hydrogens (tertiary/aromatic N) is 1. The van der Waals surface area contributed by atoms with E-state index in [1.54, 1.807) is 0 Å². The van der Waals surface area contributed by atoms with Gasteiger partial charge in [-0.3, -0.25) is 0 Å². The lowest BCUT2D eigenvalue weighted by molar-refractivity contribution is -0.00839. The molecule has 3 nitrogen and oxygen atoms in total. The van der Waals surface area contributed by atoms with E-state index in [4.69, 9.17) is 11.2 Å². The van der Waals surface area contributed by atoms with Crippen LogP contribution >= 0.6 is 0 Å². The van der Waals surface area contributed by atoms with Crippen molar-refractivity contribution in [1.82, 2.24) is 10.2 Å². The maximum atomic E-state index is 5.55. The standard InChI is InChI=1S/C19H28N2O/c1-4-5-11-18(17-9-7-6-8-10-17)20-16-19(21(2)3)12-14-22-15-13-19/h1,6-10,18,20H,5,11-16H2,2-3H3. The highest BCUT2D eigenvalue weighted by molar-refractivity contribution is 5.19. The molecule has 120 valence electrons. The number of likely N-dealkylation sites (N-methyl/N-ethyl adjacent to an activating group) is 1. The van der Waals surface area contributed by atoms with Crippen LogP contribution in [0.25, 0.3) is 0 Å². The molecule has 1 atom stereocenters. The molecule has 0 spiro atoms.